The van der Waals surface area contributed by atoms with Crippen LogP contribution in [0.4, 0.5) is 0 Å². The van der Waals surface area contributed by atoms with E-state index in [-0.39, 0.29) is 5.41 Å². The Bertz CT molecular complexity index is 583. The molecular weight excluding hydrogens is 276 g/mol. The lowest BCUT2D eigenvalue weighted by atomic mass is 9.79. The van der Waals surface area contributed by atoms with Crippen LogP contribution in [-0.4, -0.2) is 11.5 Å². The highest BCUT2D eigenvalue weighted by Gasteiger charge is 2.40. The van der Waals surface area contributed by atoms with Crippen LogP contribution in [0.15, 0.2) is 30.3 Å². The number of aromatic nitrogens is 1. The summed E-state index contributed by atoms with van der Waals surface area (Å²) in [7, 11) is 0. The van der Waals surface area contributed by atoms with Gasteiger partial charge in [0.25, 0.3) is 0 Å². The first-order valence-electron chi connectivity index (χ1n) is 7.99. The molecule has 1 aliphatic rings. The molecule has 1 N–H and O–H groups in total. The standard InChI is InChI=1S/C18H24N2S/c1-3-19-13-16-14(2)20-17(21-16)18(11-7-8-12-18)15-9-5-4-6-10-15/h4-6,9-10,19H,3,7-8,11-13H2,1-2H3. The monoisotopic (exact) mass is 300 g/mol. The molecule has 1 aromatic heterocycles. The Morgan fingerprint density at radius 2 is 1.90 bits per heavy atom. The van der Waals surface area contributed by atoms with E-state index in [9.17, 15) is 0 Å². The molecule has 1 fully saturated rings. The van der Waals surface area contributed by atoms with Gasteiger partial charge >= 0.3 is 0 Å². The predicted molar refractivity (Wildman–Crippen MR) is 89.9 cm³/mol. The molecule has 2 aromatic rings. The van der Waals surface area contributed by atoms with Crippen molar-refractivity contribution in [2.45, 2.75) is 51.5 Å². The van der Waals surface area contributed by atoms with Gasteiger partial charge in [0, 0.05) is 16.8 Å². The van der Waals surface area contributed by atoms with Crippen molar-refractivity contribution in [2.24, 2.45) is 0 Å². The molecule has 1 saturated carbocycles. The Kier molecular flexibility index (Phi) is 4.41. The molecule has 0 spiro atoms. The van der Waals surface area contributed by atoms with Gasteiger partial charge in [-0.05, 0) is 31.9 Å². The van der Waals surface area contributed by atoms with Gasteiger partial charge in [0.05, 0.1) is 5.69 Å². The fourth-order valence-corrected chi connectivity index (χ4v) is 4.70. The van der Waals surface area contributed by atoms with Gasteiger partial charge in [-0.2, -0.15) is 0 Å². The van der Waals surface area contributed by atoms with E-state index >= 15 is 0 Å². The Hall–Kier alpha value is -1.19. The predicted octanol–water partition coefficient (Wildman–Crippen LogP) is 4.42. The third-order valence-corrected chi connectivity index (χ3v) is 5.98. The molecule has 112 valence electrons. The van der Waals surface area contributed by atoms with E-state index in [1.165, 1.54) is 46.8 Å². The van der Waals surface area contributed by atoms with Crippen molar-refractivity contribution in [3.05, 3.63) is 51.5 Å². The van der Waals surface area contributed by atoms with Crippen molar-refractivity contribution in [2.75, 3.05) is 6.54 Å². The van der Waals surface area contributed by atoms with Crippen molar-refractivity contribution in [3.63, 3.8) is 0 Å². The fraction of sp³-hybridized carbons (Fsp3) is 0.500. The minimum absolute atomic E-state index is 0.168. The summed E-state index contributed by atoms with van der Waals surface area (Å²) in [6, 6.07) is 11.0. The van der Waals surface area contributed by atoms with Crippen LogP contribution in [0.5, 0.6) is 0 Å². The third kappa shape index (κ3) is 2.77. The Morgan fingerprint density at radius 1 is 1.19 bits per heavy atom. The lowest BCUT2D eigenvalue weighted by Gasteiger charge is -2.27. The first-order chi connectivity index (χ1) is 10.3. The average Bonchev–Trinajstić information content (AvgIpc) is 3.14. The average molecular weight is 300 g/mol. The Labute approximate surface area is 131 Å². The number of hydrogen-bond acceptors (Lipinski definition) is 3. The molecule has 2 nitrogen and oxygen atoms in total. The molecule has 1 aromatic carbocycles. The van der Waals surface area contributed by atoms with E-state index < -0.39 is 0 Å². The topological polar surface area (TPSA) is 24.9 Å². The van der Waals surface area contributed by atoms with Crippen molar-refractivity contribution in [3.8, 4) is 0 Å². The van der Waals surface area contributed by atoms with Crippen molar-refractivity contribution < 1.29 is 0 Å². The number of nitrogens with one attached hydrogen (secondary N) is 1. The smallest absolute Gasteiger partial charge is 0.104 e. The molecule has 0 unspecified atom stereocenters. The number of rotatable bonds is 5. The molecule has 0 atom stereocenters. The number of benzene rings is 1. The third-order valence-electron chi connectivity index (χ3n) is 4.62. The molecule has 3 rings (SSSR count). The number of thiazole rings is 1. The molecule has 0 radical (unpaired) electrons. The zero-order chi connectivity index (χ0) is 14.7. The second-order valence-electron chi connectivity index (χ2n) is 5.96. The Morgan fingerprint density at radius 3 is 2.57 bits per heavy atom. The molecule has 0 saturated heterocycles. The summed E-state index contributed by atoms with van der Waals surface area (Å²) in [5, 5.41) is 4.76. The molecule has 1 heterocycles. The number of aryl methyl sites for hydroxylation is 1. The van der Waals surface area contributed by atoms with Gasteiger partial charge in [-0.15, -0.1) is 11.3 Å². The van der Waals surface area contributed by atoms with Gasteiger partial charge in [-0.25, -0.2) is 4.98 Å². The second kappa shape index (κ2) is 6.29. The number of hydrogen-bond donors (Lipinski definition) is 1. The van der Waals surface area contributed by atoms with Crippen molar-refractivity contribution >= 4 is 11.3 Å². The van der Waals surface area contributed by atoms with Crippen LogP contribution in [0, 0.1) is 6.92 Å². The Balaban J connectivity index is 1.99. The van der Waals surface area contributed by atoms with Crippen molar-refractivity contribution in [1.82, 2.24) is 10.3 Å². The van der Waals surface area contributed by atoms with Crippen LogP contribution < -0.4 is 5.32 Å². The number of nitrogens with zero attached hydrogens (tertiary/aromatic N) is 1. The summed E-state index contributed by atoms with van der Waals surface area (Å²) in [5.41, 5.74) is 2.82. The summed E-state index contributed by atoms with van der Waals surface area (Å²) in [5.74, 6) is 0. The van der Waals surface area contributed by atoms with Crippen molar-refractivity contribution in [1.29, 1.82) is 0 Å². The highest BCUT2D eigenvalue weighted by atomic mass is 32.1. The molecule has 0 amide bonds. The summed E-state index contributed by atoms with van der Waals surface area (Å²) in [6.07, 6.45) is 5.11. The lowest BCUT2D eigenvalue weighted by molar-refractivity contribution is 0.531. The maximum atomic E-state index is 4.97. The van der Waals surface area contributed by atoms with E-state index in [0.29, 0.717) is 0 Å². The van der Waals surface area contributed by atoms with Gasteiger partial charge in [0.1, 0.15) is 5.01 Å². The molecule has 0 bridgehead atoms. The van der Waals surface area contributed by atoms with Gasteiger partial charge in [-0.3, -0.25) is 0 Å². The maximum absolute atomic E-state index is 4.97. The molecule has 21 heavy (non-hydrogen) atoms. The molecular formula is C18H24N2S. The summed E-state index contributed by atoms with van der Waals surface area (Å²) >= 11 is 1.92. The maximum Gasteiger partial charge on any atom is 0.104 e. The van der Waals surface area contributed by atoms with Crippen LogP contribution >= 0.6 is 11.3 Å². The van der Waals surface area contributed by atoms with E-state index in [0.717, 1.165) is 13.1 Å². The van der Waals surface area contributed by atoms with Crippen LogP contribution in [0.2, 0.25) is 0 Å². The van der Waals surface area contributed by atoms with Gasteiger partial charge in [0.2, 0.25) is 0 Å². The largest absolute Gasteiger partial charge is 0.312 e. The van der Waals surface area contributed by atoms with Gasteiger partial charge < -0.3 is 5.32 Å². The zero-order valence-corrected chi connectivity index (χ0v) is 13.8. The highest BCUT2D eigenvalue weighted by molar-refractivity contribution is 7.12. The minimum atomic E-state index is 0.168. The normalized spacial score (nSPS) is 17.2. The summed E-state index contributed by atoms with van der Waals surface area (Å²) in [4.78, 5) is 6.37. The first kappa shape index (κ1) is 14.7. The van der Waals surface area contributed by atoms with Gasteiger partial charge in [-0.1, -0.05) is 50.1 Å². The molecule has 1 aliphatic carbocycles. The SMILES string of the molecule is CCNCc1sc(C2(c3ccccc3)CCCC2)nc1C. The quantitative estimate of drug-likeness (QED) is 0.884. The summed E-state index contributed by atoms with van der Waals surface area (Å²) in [6.45, 7) is 6.27. The van der Waals surface area contributed by atoms with Crippen LogP contribution in [-0.2, 0) is 12.0 Å². The highest BCUT2D eigenvalue weighted by Crippen LogP contribution is 2.48. The van der Waals surface area contributed by atoms with Crippen LogP contribution in [0.25, 0.3) is 0 Å². The van der Waals surface area contributed by atoms with E-state index in [1.54, 1.807) is 0 Å². The first-order valence-corrected chi connectivity index (χ1v) is 8.81. The zero-order valence-electron chi connectivity index (χ0n) is 13.0. The second-order valence-corrected chi connectivity index (χ2v) is 7.05. The fourth-order valence-electron chi connectivity index (χ4n) is 3.40. The van der Waals surface area contributed by atoms with Crippen LogP contribution in [0.1, 0.15) is 53.7 Å². The molecule has 3 heteroatoms. The van der Waals surface area contributed by atoms with Gasteiger partial charge in [0.15, 0.2) is 0 Å². The van der Waals surface area contributed by atoms with E-state index in [2.05, 4.69) is 49.5 Å². The van der Waals surface area contributed by atoms with E-state index in [1.807, 2.05) is 11.3 Å². The lowest BCUT2D eigenvalue weighted by Crippen LogP contribution is -2.23. The van der Waals surface area contributed by atoms with E-state index in [4.69, 9.17) is 4.98 Å². The van der Waals surface area contributed by atoms with Crippen LogP contribution in [0.3, 0.4) is 0 Å². The minimum Gasteiger partial charge on any atom is -0.312 e. The summed E-state index contributed by atoms with van der Waals surface area (Å²) < 4.78 is 0. The molecule has 0 aliphatic heterocycles.